The summed E-state index contributed by atoms with van der Waals surface area (Å²) in [4.78, 5) is 51.6. The first-order valence-corrected chi connectivity index (χ1v) is 11.6. The largest absolute Gasteiger partial charge is 0.423 e. The van der Waals surface area contributed by atoms with Crippen molar-refractivity contribution in [1.29, 1.82) is 0 Å². The van der Waals surface area contributed by atoms with Crippen LogP contribution in [0.5, 0.6) is 0 Å². The van der Waals surface area contributed by atoms with E-state index in [1.807, 2.05) is 4.90 Å². The third-order valence-electron chi connectivity index (χ3n) is 6.18. The number of aryl methyl sites for hydroxylation is 1. The highest BCUT2D eigenvalue weighted by Crippen LogP contribution is 2.31. The van der Waals surface area contributed by atoms with E-state index in [9.17, 15) is 27.6 Å². The average molecular weight is 509 g/mol. The minimum absolute atomic E-state index is 0.0760. The second-order valence-electron chi connectivity index (χ2n) is 8.96. The number of hydroxylamine groups is 1. The molecular formula is C22H26F3N7O4. The molecule has 1 aliphatic carbocycles. The van der Waals surface area contributed by atoms with Gasteiger partial charge in [-0.05, 0) is 32.1 Å². The fourth-order valence-electron chi connectivity index (χ4n) is 4.33. The molecule has 1 saturated heterocycles. The van der Waals surface area contributed by atoms with E-state index >= 15 is 0 Å². The van der Waals surface area contributed by atoms with Crippen molar-refractivity contribution in [1.82, 2.24) is 25.6 Å². The van der Waals surface area contributed by atoms with Gasteiger partial charge < -0.3 is 10.2 Å². The molecule has 194 valence electrons. The summed E-state index contributed by atoms with van der Waals surface area (Å²) in [6, 6.07) is -0.652. The summed E-state index contributed by atoms with van der Waals surface area (Å²) in [5.41, 5.74) is 0.516. The Balaban J connectivity index is 1.19. The summed E-state index contributed by atoms with van der Waals surface area (Å²) in [7, 11) is 0. The van der Waals surface area contributed by atoms with E-state index in [1.54, 1.807) is 18.2 Å². The van der Waals surface area contributed by atoms with Gasteiger partial charge in [-0.2, -0.15) is 18.3 Å². The number of Topliss-reactive ketones (excluding diaryl/α,β-unsaturated/α-hetero) is 1. The predicted octanol–water partition coefficient (Wildman–Crippen LogP) is 1.86. The van der Waals surface area contributed by atoms with Crippen molar-refractivity contribution in [2.45, 2.75) is 51.2 Å². The maximum Gasteiger partial charge on any atom is 0.423 e. The van der Waals surface area contributed by atoms with Crippen LogP contribution in [0.3, 0.4) is 0 Å². The Morgan fingerprint density at radius 3 is 2.72 bits per heavy atom. The van der Waals surface area contributed by atoms with Crippen LogP contribution in [0.4, 0.5) is 24.8 Å². The van der Waals surface area contributed by atoms with Crippen molar-refractivity contribution < 1.29 is 27.6 Å². The van der Waals surface area contributed by atoms with Gasteiger partial charge in [-0.15, -0.1) is 0 Å². The standard InChI is InChI=1S/C22H26F3N7O4/c1-12(28-16-10-27-30-20(35)19(16)22(23,24)25)11-36-31-18(34)8-13-4-6-32(7-5-13)21-26-9-14-15(29-21)2-3-17(14)33/h9-10,12-13H,2-8,11H2,1H3,(H,31,34)(H2,28,30,35). The number of hydrogen-bond acceptors (Lipinski definition) is 9. The topological polar surface area (TPSA) is 142 Å². The SMILES string of the molecule is CC(CONC(=O)CC1CCN(c2ncc3c(n2)CCC3=O)CC1)Nc1cn[nH]c(=O)c1C(F)(F)F. The third-order valence-corrected chi connectivity index (χ3v) is 6.18. The molecule has 0 radical (unpaired) electrons. The number of H-pyrrole nitrogens is 1. The van der Waals surface area contributed by atoms with Gasteiger partial charge in [0.25, 0.3) is 5.56 Å². The molecule has 11 nitrogen and oxygen atoms in total. The van der Waals surface area contributed by atoms with E-state index in [0.717, 1.165) is 24.7 Å². The number of nitrogens with one attached hydrogen (secondary N) is 3. The van der Waals surface area contributed by atoms with Crippen molar-refractivity contribution in [2.24, 2.45) is 5.92 Å². The van der Waals surface area contributed by atoms with E-state index in [2.05, 4.69) is 25.9 Å². The van der Waals surface area contributed by atoms with E-state index < -0.39 is 29.0 Å². The van der Waals surface area contributed by atoms with Crippen LogP contribution in [0.25, 0.3) is 0 Å². The molecule has 0 spiro atoms. The number of aromatic nitrogens is 4. The van der Waals surface area contributed by atoms with Crippen LogP contribution in [0.1, 0.15) is 54.2 Å². The highest BCUT2D eigenvalue weighted by atomic mass is 19.4. The Kier molecular flexibility index (Phi) is 7.52. The number of amides is 1. The lowest BCUT2D eigenvalue weighted by molar-refractivity contribution is -0.138. The second-order valence-corrected chi connectivity index (χ2v) is 8.96. The molecule has 36 heavy (non-hydrogen) atoms. The predicted molar refractivity (Wildman–Crippen MR) is 121 cm³/mol. The lowest BCUT2D eigenvalue weighted by Gasteiger charge is -2.31. The molecule has 3 N–H and O–H groups in total. The van der Waals surface area contributed by atoms with Crippen LogP contribution in [0.15, 0.2) is 17.2 Å². The first-order chi connectivity index (χ1) is 17.1. The Labute approximate surface area is 203 Å². The summed E-state index contributed by atoms with van der Waals surface area (Å²) in [5, 5.41) is 7.69. The lowest BCUT2D eigenvalue weighted by Crippen LogP contribution is -2.37. The van der Waals surface area contributed by atoms with Crippen LogP contribution < -0.4 is 21.3 Å². The average Bonchev–Trinajstić information content (AvgIpc) is 3.19. The minimum Gasteiger partial charge on any atom is -0.378 e. The summed E-state index contributed by atoms with van der Waals surface area (Å²) in [6.45, 7) is 2.77. The Bertz CT molecular complexity index is 1180. The molecule has 2 aliphatic rings. The van der Waals surface area contributed by atoms with E-state index in [0.29, 0.717) is 37.4 Å². The molecule has 0 aromatic carbocycles. The fourth-order valence-corrected chi connectivity index (χ4v) is 4.33. The van der Waals surface area contributed by atoms with Crippen molar-refractivity contribution >= 4 is 23.3 Å². The molecule has 1 fully saturated rings. The molecule has 0 bridgehead atoms. The zero-order valence-electron chi connectivity index (χ0n) is 19.5. The first-order valence-electron chi connectivity index (χ1n) is 11.6. The Hall–Kier alpha value is -3.55. The number of piperidine rings is 1. The van der Waals surface area contributed by atoms with Gasteiger partial charge in [0, 0.05) is 38.2 Å². The molecule has 1 amide bonds. The van der Waals surface area contributed by atoms with Crippen LogP contribution >= 0.6 is 0 Å². The number of alkyl halides is 3. The number of fused-ring (bicyclic) bond motifs is 1. The number of carbonyl (C=O) groups excluding carboxylic acids is 2. The van der Waals surface area contributed by atoms with Gasteiger partial charge in [0.05, 0.1) is 29.7 Å². The Morgan fingerprint density at radius 2 is 2.00 bits per heavy atom. The molecular weight excluding hydrogens is 483 g/mol. The zero-order valence-corrected chi connectivity index (χ0v) is 19.5. The molecule has 1 aliphatic heterocycles. The van der Waals surface area contributed by atoms with Crippen molar-refractivity contribution in [2.75, 3.05) is 29.9 Å². The number of ketones is 1. The van der Waals surface area contributed by atoms with Gasteiger partial charge >= 0.3 is 6.18 Å². The molecule has 14 heteroatoms. The minimum atomic E-state index is -4.85. The van der Waals surface area contributed by atoms with Gasteiger partial charge in [0.2, 0.25) is 11.9 Å². The van der Waals surface area contributed by atoms with Gasteiger partial charge in [0.15, 0.2) is 5.78 Å². The number of halogens is 3. The van der Waals surface area contributed by atoms with E-state index in [-0.39, 0.29) is 30.6 Å². The third kappa shape index (κ3) is 5.98. The number of anilines is 2. The quantitative estimate of drug-likeness (QED) is 0.455. The van der Waals surface area contributed by atoms with Gasteiger partial charge in [-0.1, -0.05) is 0 Å². The fraction of sp³-hybridized carbons (Fsp3) is 0.545. The van der Waals surface area contributed by atoms with Crippen molar-refractivity contribution in [3.05, 3.63) is 39.6 Å². The monoisotopic (exact) mass is 509 g/mol. The summed E-state index contributed by atoms with van der Waals surface area (Å²) in [5.74, 6) is 0.474. The molecule has 4 rings (SSSR count). The second kappa shape index (κ2) is 10.6. The van der Waals surface area contributed by atoms with Crippen LogP contribution in [0, 0.1) is 5.92 Å². The van der Waals surface area contributed by atoms with Gasteiger partial charge in [-0.25, -0.2) is 20.5 Å². The molecule has 2 aromatic rings. The smallest absolute Gasteiger partial charge is 0.378 e. The van der Waals surface area contributed by atoms with Crippen molar-refractivity contribution in [3.63, 3.8) is 0 Å². The summed E-state index contributed by atoms with van der Waals surface area (Å²) >= 11 is 0. The van der Waals surface area contributed by atoms with Crippen LogP contribution in [0.2, 0.25) is 0 Å². The molecule has 0 saturated carbocycles. The van der Waals surface area contributed by atoms with Crippen LogP contribution in [-0.4, -0.2) is 57.6 Å². The first kappa shape index (κ1) is 25.5. The number of rotatable bonds is 8. The lowest BCUT2D eigenvalue weighted by atomic mass is 9.93. The van der Waals surface area contributed by atoms with Crippen molar-refractivity contribution in [3.8, 4) is 0 Å². The zero-order chi connectivity index (χ0) is 25.9. The summed E-state index contributed by atoms with van der Waals surface area (Å²) < 4.78 is 39.4. The summed E-state index contributed by atoms with van der Waals surface area (Å²) in [6.07, 6.45) is 0.467. The van der Waals surface area contributed by atoms with Gasteiger partial charge in [-0.3, -0.25) is 19.2 Å². The maximum atomic E-state index is 13.1. The Morgan fingerprint density at radius 1 is 1.25 bits per heavy atom. The number of aromatic amines is 1. The van der Waals surface area contributed by atoms with Gasteiger partial charge in [0.1, 0.15) is 5.56 Å². The number of carbonyl (C=O) groups is 2. The number of nitrogens with zero attached hydrogens (tertiary/aromatic N) is 4. The van der Waals surface area contributed by atoms with E-state index in [1.165, 1.54) is 0 Å². The van der Waals surface area contributed by atoms with E-state index in [4.69, 9.17) is 4.84 Å². The molecule has 1 unspecified atom stereocenters. The molecule has 2 aromatic heterocycles. The maximum absolute atomic E-state index is 13.1. The number of hydrogen-bond donors (Lipinski definition) is 3. The highest BCUT2D eigenvalue weighted by Gasteiger charge is 2.37. The molecule has 1 atom stereocenters. The molecule has 3 heterocycles. The normalized spacial score (nSPS) is 17.1. The highest BCUT2D eigenvalue weighted by molar-refractivity contribution is 5.99. The van der Waals surface area contributed by atoms with Crippen LogP contribution in [-0.2, 0) is 22.2 Å².